The Morgan fingerprint density at radius 3 is 2.71 bits per heavy atom. The Hall–Kier alpha value is -0.880. The van der Waals surface area contributed by atoms with E-state index in [1.165, 1.54) is 11.3 Å². The molecule has 0 radical (unpaired) electrons. The third kappa shape index (κ3) is 4.87. The number of carboxylic acid groups (broad SMARTS) is 1. The number of carboxylic acids is 1. The Bertz CT molecular complexity index is 405. The Labute approximate surface area is 112 Å². The number of nitrogens with one attached hydrogen (secondary N) is 1. The van der Waals surface area contributed by atoms with E-state index in [9.17, 15) is 9.59 Å². The second-order valence-corrected chi connectivity index (χ2v) is 6.18. The van der Waals surface area contributed by atoms with Gasteiger partial charge in [0.05, 0.1) is 10.2 Å². The van der Waals surface area contributed by atoms with Crippen molar-refractivity contribution in [1.82, 2.24) is 5.32 Å². The van der Waals surface area contributed by atoms with Gasteiger partial charge in [-0.15, -0.1) is 11.3 Å². The topological polar surface area (TPSA) is 66.4 Å². The Kier molecular flexibility index (Phi) is 5.64. The van der Waals surface area contributed by atoms with Gasteiger partial charge in [0, 0.05) is 4.88 Å². The van der Waals surface area contributed by atoms with Crippen LogP contribution in [-0.4, -0.2) is 23.0 Å². The molecule has 0 saturated carbocycles. The van der Waals surface area contributed by atoms with Crippen LogP contribution in [0.15, 0.2) is 15.9 Å². The first-order chi connectivity index (χ1) is 8.02. The summed E-state index contributed by atoms with van der Waals surface area (Å²) >= 11 is 4.79. The summed E-state index contributed by atoms with van der Waals surface area (Å²) < 4.78 is 0.962. The molecule has 0 fully saturated rings. The lowest BCUT2D eigenvalue weighted by Gasteiger charge is -2.12. The maximum atomic E-state index is 11.6. The molecule has 0 spiro atoms. The first kappa shape index (κ1) is 14.2. The Balaban J connectivity index is 2.50. The van der Waals surface area contributed by atoms with Gasteiger partial charge in [-0.2, -0.15) is 0 Å². The molecule has 1 aromatic rings. The normalized spacial score (nSPS) is 12.1. The highest BCUT2D eigenvalue weighted by Crippen LogP contribution is 2.22. The van der Waals surface area contributed by atoms with Crippen molar-refractivity contribution in [3.63, 3.8) is 0 Å². The summed E-state index contributed by atoms with van der Waals surface area (Å²) in [6.07, 6.45) is 1.40. The zero-order valence-corrected chi connectivity index (χ0v) is 11.8. The maximum Gasteiger partial charge on any atom is 0.326 e. The molecule has 4 nitrogen and oxygen atoms in total. The van der Waals surface area contributed by atoms with Crippen molar-refractivity contribution in [2.75, 3.05) is 0 Å². The van der Waals surface area contributed by atoms with E-state index >= 15 is 0 Å². The van der Waals surface area contributed by atoms with Crippen LogP contribution in [0.1, 0.15) is 24.6 Å². The number of aliphatic carboxylic acids is 1. The third-order valence-corrected chi connectivity index (χ3v) is 3.80. The Morgan fingerprint density at radius 1 is 1.53 bits per heavy atom. The van der Waals surface area contributed by atoms with E-state index in [-0.39, 0.29) is 12.3 Å². The van der Waals surface area contributed by atoms with Gasteiger partial charge in [0.25, 0.3) is 0 Å². The fraction of sp³-hybridized carbons (Fsp3) is 0.455. The van der Waals surface area contributed by atoms with Gasteiger partial charge in [0.15, 0.2) is 0 Å². The highest BCUT2D eigenvalue weighted by atomic mass is 79.9. The zero-order chi connectivity index (χ0) is 12.8. The van der Waals surface area contributed by atoms with Crippen LogP contribution in [0.25, 0.3) is 0 Å². The zero-order valence-electron chi connectivity index (χ0n) is 9.40. The largest absolute Gasteiger partial charge is 0.480 e. The van der Waals surface area contributed by atoms with Crippen LogP contribution in [-0.2, 0) is 16.0 Å². The standard InChI is InChI=1S/C11H14BrNO3S/c1-2-3-8(11(15)16)13-10(14)6-7-4-5-9(12)17-7/h4-5,8H,2-3,6H2,1H3,(H,13,14)(H,15,16). The summed E-state index contributed by atoms with van der Waals surface area (Å²) in [5, 5.41) is 11.4. The van der Waals surface area contributed by atoms with Crippen molar-refractivity contribution in [2.45, 2.75) is 32.2 Å². The number of rotatable bonds is 6. The number of thiophene rings is 1. The molecule has 0 aliphatic rings. The summed E-state index contributed by atoms with van der Waals surface area (Å²) in [5.74, 6) is -1.23. The minimum atomic E-state index is -0.979. The van der Waals surface area contributed by atoms with Crippen LogP contribution in [0.3, 0.4) is 0 Å². The maximum absolute atomic E-state index is 11.6. The second kappa shape index (κ2) is 6.76. The molecular weight excluding hydrogens is 306 g/mol. The Morgan fingerprint density at radius 2 is 2.24 bits per heavy atom. The molecule has 6 heteroatoms. The van der Waals surface area contributed by atoms with Crippen LogP contribution in [0.4, 0.5) is 0 Å². The van der Waals surface area contributed by atoms with Crippen LogP contribution in [0, 0.1) is 0 Å². The molecular formula is C11H14BrNO3S. The van der Waals surface area contributed by atoms with Gasteiger partial charge >= 0.3 is 5.97 Å². The van der Waals surface area contributed by atoms with Gasteiger partial charge in [0.1, 0.15) is 6.04 Å². The minimum absolute atomic E-state index is 0.226. The SMILES string of the molecule is CCCC(NC(=O)Cc1ccc(Br)s1)C(=O)O. The van der Waals surface area contributed by atoms with Gasteiger partial charge in [-0.25, -0.2) is 4.79 Å². The summed E-state index contributed by atoms with van der Waals surface area (Å²) in [7, 11) is 0. The molecule has 0 bridgehead atoms. The van der Waals surface area contributed by atoms with Gasteiger partial charge in [-0.3, -0.25) is 4.79 Å². The smallest absolute Gasteiger partial charge is 0.326 e. The van der Waals surface area contributed by atoms with E-state index in [0.29, 0.717) is 6.42 Å². The number of carbonyl (C=O) groups is 2. The van der Waals surface area contributed by atoms with E-state index in [4.69, 9.17) is 5.11 Å². The quantitative estimate of drug-likeness (QED) is 0.846. The first-order valence-electron chi connectivity index (χ1n) is 5.29. The highest BCUT2D eigenvalue weighted by Gasteiger charge is 2.18. The molecule has 0 saturated heterocycles. The average molecular weight is 320 g/mol. The van der Waals surface area contributed by atoms with Gasteiger partial charge in [-0.1, -0.05) is 13.3 Å². The third-order valence-electron chi connectivity index (χ3n) is 2.17. The lowest BCUT2D eigenvalue weighted by atomic mass is 10.1. The fourth-order valence-electron chi connectivity index (χ4n) is 1.40. The molecule has 1 atom stereocenters. The second-order valence-electron chi connectivity index (χ2n) is 3.63. The number of hydrogen-bond acceptors (Lipinski definition) is 3. The fourth-order valence-corrected chi connectivity index (χ4v) is 2.88. The summed E-state index contributed by atoms with van der Waals surface area (Å²) in [6.45, 7) is 1.89. The van der Waals surface area contributed by atoms with E-state index in [2.05, 4.69) is 21.2 Å². The molecule has 2 N–H and O–H groups in total. The molecule has 0 aliphatic heterocycles. The summed E-state index contributed by atoms with van der Waals surface area (Å²) in [4.78, 5) is 23.4. The summed E-state index contributed by atoms with van der Waals surface area (Å²) in [6, 6.07) is 2.94. The summed E-state index contributed by atoms with van der Waals surface area (Å²) in [5.41, 5.74) is 0. The molecule has 0 aromatic carbocycles. The number of carbonyl (C=O) groups excluding carboxylic acids is 1. The molecule has 0 aliphatic carbocycles. The lowest BCUT2D eigenvalue weighted by Crippen LogP contribution is -2.41. The van der Waals surface area contributed by atoms with Crippen LogP contribution in [0.2, 0.25) is 0 Å². The van der Waals surface area contributed by atoms with Gasteiger partial charge < -0.3 is 10.4 Å². The molecule has 1 rings (SSSR count). The van der Waals surface area contributed by atoms with Crippen molar-refractivity contribution < 1.29 is 14.7 Å². The average Bonchev–Trinajstić information content (AvgIpc) is 2.63. The number of hydrogen-bond donors (Lipinski definition) is 2. The number of amides is 1. The molecule has 94 valence electrons. The lowest BCUT2D eigenvalue weighted by molar-refractivity contribution is -0.141. The van der Waals surface area contributed by atoms with E-state index in [1.54, 1.807) is 0 Å². The van der Waals surface area contributed by atoms with Crippen molar-refractivity contribution in [2.24, 2.45) is 0 Å². The van der Waals surface area contributed by atoms with Crippen molar-refractivity contribution in [3.8, 4) is 0 Å². The monoisotopic (exact) mass is 319 g/mol. The molecule has 1 aromatic heterocycles. The first-order valence-corrected chi connectivity index (χ1v) is 6.90. The van der Waals surface area contributed by atoms with Crippen LogP contribution < -0.4 is 5.32 Å². The van der Waals surface area contributed by atoms with E-state index in [0.717, 1.165) is 15.1 Å². The molecule has 1 amide bonds. The predicted molar refractivity (Wildman–Crippen MR) is 70.2 cm³/mol. The van der Waals surface area contributed by atoms with E-state index < -0.39 is 12.0 Å². The van der Waals surface area contributed by atoms with Crippen molar-refractivity contribution in [3.05, 3.63) is 20.8 Å². The minimum Gasteiger partial charge on any atom is -0.480 e. The molecule has 1 unspecified atom stereocenters. The van der Waals surface area contributed by atoms with Crippen molar-refractivity contribution in [1.29, 1.82) is 0 Å². The van der Waals surface area contributed by atoms with Crippen LogP contribution >= 0.6 is 27.3 Å². The van der Waals surface area contributed by atoms with Crippen molar-refractivity contribution >= 4 is 39.1 Å². The van der Waals surface area contributed by atoms with E-state index in [1.807, 2.05) is 19.1 Å². The predicted octanol–water partition coefficient (Wildman–Crippen LogP) is 2.42. The van der Waals surface area contributed by atoms with Crippen LogP contribution in [0.5, 0.6) is 0 Å². The van der Waals surface area contributed by atoms with Gasteiger partial charge in [0.2, 0.25) is 5.91 Å². The highest BCUT2D eigenvalue weighted by molar-refractivity contribution is 9.11. The number of halogens is 1. The molecule has 1 heterocycles. The van der Waals surface area contributed by atoms with Gasteiger partial charge in [-0.05, 0) is 34.5 Å². The molecule has 17 heavy (non-hydrogen) atoms.